The van der Waals surface area contributed by atoms with Crippen LogP contribution in [-0.4, -0.2) is 38.4 Å². The van der Waals surface area contributed by atoms with Gasteiger partial charge in [-0.05, 0) is 62.4 Å². The zero-order valence-electron chi connectivity index (χ0n) is 15.9. The summed E-state index contributed by atoms with van der Waals surface area (Å²) in [5.41, 5.74) is 3.44. The highest BCUT2D eigenvalue weighted by atomic mass is 32.2. The molecule has 0 bridgehead atoms. The van der Waals surface area contributed by atoms with Crippen LogP contribution in [0, 0.1) is 6.92 Å². The average molecular weight is 385 g/mol. The quantitative estimate of drug-likeness (QED) is 0.696. The largest absolute Gasteiger partial charge is 0.494 e. The fraction of sp³-hybridized carbons (Fsp3) is 0.250. The molecule has 0 fully saturated rings. The standard InChI is InChI=1S/C20H23N3O3S/c1-5-26-16-8-11-19-18(13-16)20(12-14(2)21-19)22-15-6-9-17(10-7-15)27(24,25)23(3)4/h6-13H,5H2,1-4H3,(H,21,22). The van der Waals surface area contributed by atoms with Crippen molar-refractivity contribution in [1.82, 2.24) is 9.29 Å². The predicted octanol–water partition coefficient (Wildman–Crippen LogP) is 3.94. The summed E-state index contributed by atoms with van der Waals surface area (Å²) in [6.07, 6.45) is 0. The van der Waals surface area contributed by atoms with Crippen molar-refractivity contribution in [2.45, 2.75) is 18.7 Å². The Morgan fingerprint density at radius 2 is 1.78 bits per heavy atom. The number of aromatic nitrogens is 1. The molecule has 0 aliphatic rings. The molecule has 0 atom stereocenters. The highest BCUT2D eigenvalue weighted by Crippen LogP contribution is 2.30. The number of aryl methyl sites for hydroxylation is 1. The Bertz CT molecular complexity index is 1060. The molecule has 1 N–H and O–H groups in total. The van der Waals surface area contributed by atoms with E-state index in [1.165, 1.54) is 18.4 Å². The fourth-order valence-corrected chi connectivity index (χ4v) is 3.68. The van der Waals surface area contributed by atoms with Gasteiger partial charge in [0.2, 0.25) is 10.0 Å². The number of nitrogens with one attached hydrogen (secondary N) is 1. The SMILES string of the molecule is CCOc1ccc2nc(C)cc(Nc3ccc(S(=O)(=O)N(C)C)cc3)c2c1. The van der Waals surface area contributed by atoms with Crippen LogP contribution in [0.4, 0.5) is 11.4 Å². The zero-order chi connectivity index (χ0) is 19.6. The van der Waals surface area contributed by atoms with Gasteiger partial charge in [0, 0.05) is 36.6 Å². The average Bonchev–Trinajstić information content (AvgIpc) is 2.62. The van der Waals surface area contributed by atoms with E-state index in [2.05, 4.69) is 10.3 Å². The van der Waals surface area contributed by atoms with Crippen LogP contribution < -0.4 is 10.1 Å². The minimum atomic E-state index is -3.44. The van der Waals surface area contributed by atoms with Crippen LogP contribution in [0.1, 0.15) is 12.6 Å². The van der Waals surface area contributed by atoms with E-state index in [4.69, 9.17) is 4.74 Å². The van der Waals surface area contributed by atoms with Crippen molar-refractivity contribution in [1.29, 1.82) is 0 Å². The Balaban J connectivity index is 1.97. The van der Waals surface area contributed by atoms with Crippen molar-refractivity contribution in [3.63, 3.8) is 0 Å². The number of ether oxygens (including phenoxy) is 1. The highest BCUT2D eigenvalue weighted by Gasteiger charge is 2.16. The van der Waals surface area contributed by atoms with E-state index >= 15 is 0 Å². The Kier molecular flexibility index (Phi) is 5.34. The van der Waals surface area contributed by atoms with Crippen molar-refractivity contribution in [2.75, 3.05) is 26.0 Å². The molecule has 27 heavy (non-hydrogen) atoms. The summed E-state index contributed by atoms with van der Waals surface area (Å²) in [5.74, 6) is 0.783. The number of nitrogens with zero attached hydrogens (tertiary/aromatic N) is 2. The molecule has 142 valence electrons. The zero-order valence-corrected chi connectivity index (χ0v) is 16.7. The maximum Gasteiger partial charge on any atom is 0.242 e. The molecule has 2 aromatic carbocycles. The van der Waals surface area contributed by atoms with Crippen LogP contribution in [0.5, 0.6) is 5.75 Å². The molecule has 3 aromatic rings. The van der Waals surface area contributed by atoms with Crippen molar-refractivity contribution >= 4 is 32.3 Å². The molecule has 0 saturated carbocycles. The summed E-state index contributed by atoms with van der Waals surface area (Å²) in [5, 5.41) is 4.30. The molecule has 3 rings (SSSR count). The molecular weight excluding hydrogens is 362 g/mol. The van der Waals surface area contributed by atoms with E-state index in [1.807, 2.05) is 38.1 Å². The number of pyridine rings is 1. The molecule has 1 aromatic heterocycles. The van der Waals surface area contributed by atoms with E-state index < -0.39 is 10.0 Å². The normalized spacial score (nSPS) is 11.7. The Hall–Kier alpha value is -2.64. The highest BCUT2D eigenvalue weighted by molar-refractivity contribution is 7.89. The van der Waals surface area contributed by atoms with Gasteiger partial charge in [0.1, 0.15) is 5.75 Å². The van der Waals surface area contributed by atoms with E-state index in [0.717, 1.165) is 33.7 Å². The Morgan fingerprint density at radius 3 is 2.41 bits per heavy atom. The third-order valence-corrected chi connectivity index (χ3v) is 5.96. The predicted molar refractivity (Wildman–Crippen MR) is 108 cm³/mol. The summed E-state index contributed by atoms with van der Waals surface area (Å²) < 4.78 is 31.2. The first kappa shape index (κ1) is 19.1. The number of hydrogen-bond acceptors (Lipinski definition) is 5. The molecule has 6 nitrogen and oxygen atoms in total. The minimum Gasteiger partial charge on any atom is -0.494 e. The van der Waals surface area contributed by atoms with E-state index in [9.17, 15) is 8.42 Å². The Labute approximate surface area is 159 Å². The third-order valence-electron chi connectivity index (χ3n) is 4.13. The van der Waals surface area contributed by atoms with Crippen LogP contribution in [0.2, 0.25) is 0 Å². The maximum atomic E-state index is 12.2. The summed E-state index contributed by atoms with van der Waals surface area (Å²) >= 11 is 0. The second-order valence-corrected chi connectivity index (χ2v) is 8.51. The van der Waals surface area contributed by atoms with Crippen molar-refractivity contribution in [3.8, 4) is 5.75 Å². The van der Waals surface area contributed by atoms with Gasteiger partial charge in [-0.25, -0.2) is 12.7 Å². The molecule has 0 aliphatic heterocycles. The van der Waals surface area contributed by atoms with Gasteiger partial charge in [-0.15, -0.1) is 0 Å². The van der Waals surface area contributed by atoms with Gasteiger partial charge in [-0.1, -0.05) is 0 Å². The van der Waals surface area contributed by atoms with Gasteiger partial charge in [0.15, 0.2) is 0 Å². The third kappa shape index (κ3) is 4.04. The molecule has 0 aliphatic carbocycles. The molecule has 7 heteroatoms. The first-order chi connectivity index (χ1) is 12.8. The van der Waals surface area contributed by atoms with Crippen LogP contribution in [0.15, 0.2) is 53.4 Å². The summed E-state index contributed by atoms with van der Waals surface area (Å²) in [7, 11) is -0.406. The van der Waals surface area contributed by atoms with Crippen LogP contribution in [0.3, 0.4) is 0 Å². The van der Waals surface area contributed by atoms with Crippen molar-refractivity contribution in [3.05, 3.63) is 54.2 Å². The first-order valence-corrected chi connectivity index (χ1v) is 10.1. The lowest BCUT2D eigenvalue weighted by molar-refractivity contribution is 0.340. The van der Waals surface area contributed by atoms with Crippen LogP contribution >= 0.6 is 0 Å². The molecule has 0 unspecified atom stereocenters. The topological polar surface area (TPSA) is 71.5 Å². The number of anilines is 2. The van der Waals surface area contributed by atoms with Gasteiger partial charge >= 0.3 is 0 Å². The first-order valence-electron chi connectivity index (χ1n) is 8.65. The maximum absolute atomic E-state index is 12.2. The summed E-state index contributed by atoms with van der Waals surface area (Å²) in [6, 6.07) is 14.5. The molecule has 0 radical (unpaired) electrons. The number of rotatable bonds is 6. The molecule has 1 heterocycles. The monoisotopic (exact) mass is 385 g/mol. The lowest BCUT2D eigenvalue weighted by atomic mass is 10.1. The lowest BCUT2D eigenvalue weighted by Crippen LogP contribution is -2.22. The van der Waals surface area contributed by atoms with Gasteiger partial charge in [-0.3, -0.25) is 4.98 Å². The number of fused-ring (bicyclic) bond motifs is 1. The van der Waals surface area contributed by atoms with Gasteiger partial charge < -0.3 is 10.1 Å². The van der Waals surface area contributed by atoms with Crippen molar-refractivity contribution < 1.29 is 13.2 Å². The lowest BCUT2D eigenvalue weighted by Gasteiger charge is -2.14. The summed E-state index contributed by atoms with van der Waals surface area (Å²) in [6.45, 7) is 4.48. The molecular formula is C20H23N3O3S. The molecule has 0 amide bonds. The van der Waals surface area contributed by atoms with Crippen molar-refractivity contribution in [2.24, 2.45) is 0 Å². The van der Waals surface area contributed by atoms with Crippen LogP contribution in [0.25, 0.3) is 10.9 Å². The van der Waals surface area contributed by atoms with E-state index in [1.54, 1.807) is 24.3 Å². The number of sulfonamides is 1. The second-order valence-electron chi connectivity index (χ2n) is 6.36. The number of benzene rings is 2. The van der Waals surface area contributed by atoms with E-state index in [-0.39, 0.29) is 4.90 Å². The van der Waals surface area contributed by atoms with Gasteiger partial charge in [0.05, 0.1) is 17.0 Å². The van der Waals surface area contributed by atoms with Gasteiger partial charge in [-0.2, -0.15) is 0 Å². The fourth-order valence-electron chi connectivity index (χ4n) is 2.77. The second kappa shape index (κ2) is 7.54. The smallest absolute Gasteiger partial charge is 0.242 e. The van der Waals surface area contributed by atoms with Gasteiger partial charge in [0.25, 0.3) is 0 Å². The summed E-state index contributed by atoms with van der Waals surface area (Å²) in [4.78, 5) is 4.82. The van der Waals surface area contributed by atoms with Crippen LogP contribution in [-0.2, 0) is 10.0 Å². The molecule has 0 saturated heterocycles. The number of hydrogen-bond donors (Lipinski definition) is 1. The van der Waals surface area contributed by atoms with E-state index in [0.29, 0.717) is 6.61 Å². The Morgan fingerprint density at radius 1 is 1.07 bits per heavy atom. The molecule has 0 spiro atoms. The minimum absolute atomic E-state index is 0.257.